The van der Waals surface area contributed by atoms with Crippen LogP contribution in [0.1, 0.15) is 34.1 Å². The summed E-state index contributed by atoms with van der Waals surface area (Å²) in [5, 5.41) is 2.98. The Morgan fingerprint density at radius 2 is 1.87 bits per heavy atom. The molecule has 0 atom stereocenters. The molecule has 0 bridgehead atoms. The first-order chi connectivity index (χ1) is 6.70. The Bertz CT molecular complexity index is 209. The molecule has 0 spiro atoms. The van der Waals surface area contributed by atoms with Gasteiger partial charge in [0.05, 0.1) is 0 Å². The third-order valence-electron chi connectivity index (χ3n) is 2.94. The highest BCUT2D eigenvalue weighted by Crippen LogP contribution is 2.36. The first-order valence-electron chi connectivity index (χ1n) is 5.61. The molecule has 0 aromatic carbocycles. The van der Waals surface area contributed by atoms with Gasteiger partial charge in [0.15, 0.2) is 8.32 Å². The fourth-order valence-electron chi connectivity index (χ4n) is 0.778. The molecule has 0 aliphatic rings. The van der Waals surface area contributed by atoms with E-state index in [1.165, 1.54) is 0 Å². The molecule has 0 aromatic heterocycles. The fraction of sp³-hybridized carbons (Fsp3) is 0.909. The predicted octanol–water partition coefficient (Wildman–Crippen LogP) is 2.53. The lowest BCUT2D eigenvalue weighted by Gasteiger charge is -2.35. The monoisotopic (exact) mass is 231 g/mol. The Hall–Kier alpha value is -0.353. The van der Waals surface area contributed by atoms with Crippen LogP contribution in [0.25, 0.3) is 0 Å². The van der Waals surface area contributed by atoms with Crippen molar-refractivity contribution < 1.29 is 9.22 Å². The van der Waals surface area contributed by atoms with Crippen LogP contribution < -0.4 is 5.32 Å². The van der Waals surface area contributed by atoms with Crippen molar-refractivity contribution in [1.82, 2.24) is 5.32 Å². The van der Waals surface area contributed by atoms with E-state index < -0.39 is 8.32 Å². The Morgan fingerprint density at radius 3 is 2.27 bits per heavy atom. The van der Waals surface area contributed by atoms with E-state index in [2.05, 4.69) is 39.2 Å². The van der Waals surface area contributed by atoms with E-state index in [1.54, 1.807) is 0 Å². The molecule has 0 unspecified atom stereocenters. The van der Waals surface area contributed by atoms with Crippen LogP contribution in [0, 0.1) is 0 Å². The van der Waals surface area contributed by atoms with Crippen molar-refractivity contribution in [2.24, 2.45) is 0 Å². The minimum absolute atomic E-state index is 0.00155. The topological polar surface area (TPSA) is 38.3 Å². The number of nitrogens with one attached hydrogen (secondary N) is 1. The molecule has 0 radical (unpaired) electrons. The van der Waals surface area contributed by atoms with Crippen LogP contribution in [0.2, 0.25) is 18.1 Å². The Balaban J connectivity index is 3.99. The maximum atomic E-state index is 11.4. The summed E-state index contributed by atoms with van der Waals surface area (Å²) in [4.78, 5) is 11.4. The molecule has 0 heterocycles. The van der Waals surface area contributed by atoms with Gasteiger partial charge in [-0.05, 0) is 24.6 Å². The summed E-state index contributed by atoms with van der Waals surface area (Å²) in [6, 6.07) is 0. The smallest absolute Gasteiger partial charge is 0.244 e. The summed E-state index contributed by atoms with van der Waals surface area (Å²) < 4.78 is 5.78. The molecule has 0 aliphatic heterocycles. The molecule has 15 heavy (non-hydrogen) atoms. The Morgan fingerprint density at radius 1 is 1.33 bits per heavy atom. The number of amides is 1. The summed E-state index contributed by atoms with van der Waals surface area (Å²) in [5.41, 5.74) is 0. The largest absolute Gasteiger partial charge is 0.408 e. The van der Waals surface area contributed by atoms with Gasteiger partial charge < -0.3 is 9.74 Å². The van der Waals surface area contributed by atoms with Gasteiger partial charge in [0.25, 0.3) is 0 Å². The molecule has 0 rings (SSSR count). The van der Waals surface area contributed by atoms with Crippen LogP contribution in [-0.4, -0.2) is 27.4 Å². The molecule has 0 aromatic rings. The first-order valence-corrected chi connectivity index (χ1v) is 8.52. The molecule has 1 N–H and O–H groups in total. The zero-order valence-corrected chi connectivity index (χ0v) is 11.9. The molecular weight excluding hydrogens is 206 g/mol. The fourth-order valence-corrected chi connectivity index (χ4v) is 1.70. The summed E-state index contributed by atoms with van der Waals surface area (Å²) >= 11 is 0. The molecular formula is C11H25NO2Si. The van der Waals surface area contributed by atoms with E-state index >= 15 is 0 Å². The van der Waals surface area contributed by atoms with Gasteiger partial charge in [-0.1, -0.05) is 27.7 Å². The molecule has 0 fully saturated rings. The highest BCUT2D eigenvalue weighted by Gasteiger charge is 2.37. The minimum Gasteiger partial charge on any atom is -0.408 e. The number of carbonyl (C=O) groups excluding carboxylic acids is 1. The molecule has 90 valence electrons. The maximum absolute atomic E-state index is 11.4. The average molecular weight is 231 g/mol. The van der Waals surface area contributed by atoms with E-state index in [0.29, 0.717) is 0 Å². The third-order valence-corrected chi connectivity index (χ3v) is 7.42. The summed E-state index contributed by atoms with van der Waals surface area (Å²) in [5.74, 6) is 0.00155. The van der Waals surface area contributed by atoms with Crippen molar-refractivity contribution in [3.63, 3.8) is 0 Å². The van der Waals surface area contributed by atoms with Crippen molar-refractivity contribution in [3.8, 4) is 0 Å². The second-order valence-electron chi connectivity index (χ2n) is 5.40. The van der Waals surface area contributed by atoms with Crippen molar-refractivity contribution >= 4 is 14.2 Å². The number of carbonyl (C=O) groups is 1. The number of rotatable bonds is 5. The molecule has 0 saturated carbocycles. The van der Waals surface area contributed by atoms with Crippen molar-refractivity contribution in [2.75, 3.05) is 13.2 Å². The lowest BCUT2D eigenvalue weighted by Crippen LogP contribution is -2.43. The summed E-state index contributed by atoms with van der Waals surface area (Å²) in [6.45, 7) is 13.8. The van der Waals surface area contributed by atoms with Gasteiger partial charge in [0.2, 0.25) is 5.91 Å². The van der Waals surface area contributed by atoms with Gasteiger partial charge in [-0.15, -0.1) is 0 Å². The van der Waals surface area contributed by atoms with Gasteiger partial charge in [-0.25, -0.2) is 0 Å². The van der Waals surface area contributed by atoms with Gasteiger partial charge in [0, 0.05) is 6.54 Å². The van der Waals surface area contributed by atoms with Crippen molar-refractivity contribution in [3.05, 3.63) is 0 Å². The van der Waals surface area contributed by atoms with Gasteiger partial charge >= 0.3 is 0 Å². The molecule has 0 aliphatic carbocycles. The SMILES string of the molecule is CCCNC(=O)CO[Si](C)(C)C(C)(C)C. The average Bonchev–Trinajstić information content (AvgIpc) is 2.09. The highest BCUT2D eigenvalue weighted by atomic mass is 28.4. The van der Waals surface area contributed by atoms with Crippen LogP contribution >= 0.6 is 0 Å². The third kappa shape index (κ3) is 5.32. The molecule has 4 heteroatoms. The van der Waals surface area contributed by atoms with Crippen LogP contribution in [0.3, 0.4) is 0 Å². The summed E-state index contributed by atoms with van der Waals surface area (Å²) in [7, 11) is -1.77. The zero-order valence-electron chi connectivity index (χ0n) is 10.9. The first kappa shape index (κ1) is 14.6. The molecule has 1 amide bonds. The number of hydrogen-bond donors (Lipinski definition) is 1. The molecule has 0 saturated heterocycles. The van der Waals surface area contributed by atoms with Crippen molar-refractivity contribution in [2.45, 2.75) is 52.2 Å². The Kier molecular flexibility index (Phi) is 5.52. The van der Waals surface area contributed by atoms with E-state index in [1.807, 2.05) is 6.92 Å². The second kappa shape index (κ2) is 5.65. The number of hydrogen-bond acceptors (Lipinski definition) is 2. The van der Waals surface area contributed by atoms with Gasteiger partial charge in [0.1, 0.15) is 6.61 Å². The molecule has 3 nitrogen and oxygen atoms in total. The van der Waals surface area contributed by atoms with Crippen LogP contribution in [0.5, 0.6) is 0 Å². The van der Waals surface area contributed by atoms with Crippen LogP contribution in [0.15, 0.2) is 0 Å². The van der Waals surface area contributed by atoms with Gasteiger partial charge in [-0.3, -0.25) is 4.79 Å². The normalized spacial score (nSPS) is 12.7. The van der Waals surface area contributed by atoms with Crippen LogP contribution in [0.4, 0.5) is 0 Å². The maximum Gasteiger partial charge on any atom is 0.244 e. The van der Waals surface area contributed by atoms with E-state index in [0.717, 1.165) is 13.0 Å². The lowest BCUT2D eigenvalue weighted by atomic mass is 10.2. The van der Waals surface area contributed by atoms with E-state index in [9.17, 15) is 4.79 Å². The standard InChI is InChI=1S/C11H25NO2Si/c1-7-8-12-10(13)9-14-15(5,6)11(2,3)4/h7-9H2,1-6H3,(H,12,13). The quantitative estimate of drug-likeness (QED) is 0.738. The summed E-state index contributed by atoms with van der Waals surface area (Å²) in [6.07, 6.45) is 0.964. The Labute approximate surface area is 94.7 Å². The minimum atomic E-state index is -1.77. The second-order valence-corrected chi connectivity index (χ2v) is 10.2. The van der Waals surface area contributed by atoms with Crippen LogP contribution in [-0.2, 0) is 9.22 Å². The lowest BCUT2D eigenvalue weighted by molar-refractivity contribution is -0.123. The van der Waals surface area contributed by atoms with E-state index in [4.69, 9.17) is 4.43 Å². The van der Waals surface area contributed by atoms with Gasteiger partial charge in [-0.2, -0.15) is 0 Å². The highest BCUT2D eigenvalue weighted by molar-refractivity contribution is 6.74. The van der Waals surface area contributed by atoms with Crippen molar-refractivity contribution in [1.29, 1.82) is 0 Å². The predicted molar refractivity (Wildman–Crippen MR) is 66.4 cm³/mol. The van der Waals surface area contributed by atoms with E-state index in [-0.39, 0.29) is 17.6 Å². The zero-order chi connectivity index (χ0) is 12.1.